The van der Waals surface area contributed by atoms with Crippen molar-refractivity contribution in [1.29, 1.82) is 0 Å². The first-order valence-electron chi connectivity index (χ1n) is 7.32. The van der Waals surface area contributed by atoms with Crippen molar-refractivity contribution in [2.45, 2.75) is 31.3 Å². The van der Waals surface area contributed by atoms with Crippen molar-refractivity contribution in [3.8, 4) is 0 Å². The Bertz CT molecular complexity index is 675. The Labute approximate surface area is 137 Å². The molecule has 2 rings (SSSR count). The van der Waals surface area contributed by atoms with E-state index in [2.05, 4.69) is 15.4 Å². The zero-order chi connectivity index (χ0) is 17.7. The maximum Gasteiger partial charge on any atom is 0.328 e. The van der Waals surface area contributed by atoms with E-state index in [9.17, 15) is 24.5 Å². The zero-order valence-corrected chi connectivity index (χ0v) is 13.0. The van der Waals surface area contributed by atoms with E-state index in [0.29, 0.717) is 12.0 Å². The fourth-order valence-electron chi connectivity index (χ4n) is 2.50. The van der Waals surface area contributed by atoms with Crippen LogP contribution in [0.15, 0.2) is 24.3 Å². The molecule has 0 bridgehead atoms. The molecule has 2 N–H and O–H groups in total. The summed E-state index contributed by atoms with van der Waals surface area (Å²) in [5, 5.41) is 16.1. The zero-order valence-electron chi connectivity index (χ0n) is 13.0. The number of nitrogens with one attached hydrogen (secondary N) is 2. The molecule has 0 unspecified atom stereocenters. The summed E-state index contributed by atoms with van der Waals surface area (Å²) in [6.45, 7) is 0. The van der Waals surface area contributed by atoms with Crippen LogP contribution in [0.25, 0.3) is 0 Å². The number of esters is 1. The van der Waals surface area contributed by atoms with Crippen LogP contribution in [0, 0.1) is 10.1 Å². The van der Waals surface area contributed by atoms with Crippen LogP contribution in [-0.4, -0.2) is 41.9 Å². The molecule has 1 aliphatic rings. The first-order chi connectivity index (χ1) is 11.4. The summed E-state index contributed by atoms with van der Waals surface area (Å²) in [5.74, 6) is -1.47. The number of nitrogens with zero attached hydrogens (tertiary/aromatic N) is 1. The van der Waals surface area contributed by atoms with Crippen LogP contribution < -0.4 is 10.6 Å². The molecule has 0 radical (unpaired) electrons. The predicted octanol–water partition coefficient (Wildman–Crippen LogP) is 0.0737. The van der Waals surface area contributed by atoms with Crippen molar-refractivity contribution in [3.05, 3.63) is 39.9 Å². The fraction of sp³-hybridized carbons (Fsp3) is 0.400. The second-order valence-corrected chi connectivity index (χ2v) is 5.33. The number of amides is 2. The van der Waals surface area contributed by atoms with E-state index in [1.807, 2.05) is 0 Å². The molecule has 0 saturated carbocycles. The third kappa shape index (κ3) is 4.06. The van der Waals surface area contributed by atoms with Gasteiger partial charge in [-0.25, -0.2) is 4.79 Å². The molecule has 1 fully saturated rings. The summed E-state index contributed by atoms with van der Waals surface area (Å²) in [6, 6.07) is 4.16. The minimum Gasteiger partial charge on any atom is -0.467 e. The molecule has 0 spiro atoms. The number of carbonyl (C=O) groups is 3. The Hall–Kier alpha value is -2.97. The second kappa shape index (κ2) is 7.53. The van der Waals surface area contributed by atoms with Gasteiger partial charge < -0.3 is 15.4 Å². The Kier molecular flexibility index (Phi) is 5.46. The lowest BCUT2D eigenvalue weighted by Crippen LogP contribution is -2.50. The smallest absolute Gasteiger partial charge is 0.328 e. The van der Waals surface area contributed by atoms with Crippen molar-refractivity contribution in [2.75, 3.05) is 7.11 Å². The number of rotatable bonds is 6. The molecule has 9 heteroatoms. The number of ether oxygens (including phenoxy) is 1. The molecule has 2 amide bonds. The Morgan fingerprint density at radius 1 is 1.46 bits per heavy atom. The van der Waals surface area contributed by atoms with Gasteiger partial charge in [0.2, 0.25) is 11.8 Å². The van der Waals surface area contributed by atoms with E-state index < -0.39 is 28.9 Å². The largest absolute Gasteiger partial charge is 0.467 e. The lowest BCUT2D eigenvalue weighted by Gasteiger charge is -2.19. The highest BCUT2D eigenvalue weighted by Crippen LogP contribution is 2.20. The highest BCUT2D eigenvalue weighted by molar-refractivity contribution is 5.93. The van der Waals surface area contributed by atoms with Crippen molar-refractivity contribution in [1.82, 2.24) is 10.6 Å². The molecule has 1 heterocycles. The topological polar surface area (TPSA) is 128 Å². The average molecular weight is 335 g/mol. The Morgan fingerprint density at radius 3 is 2.75 bits per heavy atom. The van der Waals surface area contributed by atoms with E-state index in [-0.39, 0.29) is 24.4 Å². The first kappa shape index (κ1) is 17.4. The van der Waals surface area contributed by atoms with Crippen molar-refractivity contribution < 1.29 is 24.0 Å². The molecule has 1 saturated heterocycles. The molecular weight excluding hydrogens is 318 g/mol. The van der Waals surface area contributed by atoms with Gasteiger partial charge in [-0.3, -0.25) is 19.7 Å². The highest BCUT2D eigenvalue weighted by Gasteiger charge is 2.31. The van der Waals surface area contributed by atoms with Gasteiger partial charge in [-0.1, -0.05) is 18.2 Å². The monoisotopic (exact) mass is 335 g/mol. The van der Waals surface area contributed by atoms with E-state index in [1.165, 1.54) is 18.2 Å². The minimum absolute atomic E-state index is 0.0871. The van der Waals surface area contributed by atoms with Crippen LogP contribution in [0.1, 0.15) is 18.4 Å². The normalized spacial score (nSPS) is 17.7. The maximum absolute atomic E-state index is 12.2. The van der Waals surface area contributed by atoms with Gasteiger partial charge >= 0.3 is 5.97 Å². The van der Waals surface area contributed by atoms with Crippen molar-refractivity contribution >= 4 is 23.5 Å². The number of carbonyl (C=O) groups excluding carboxylic acids is 3. The number of benzene rings is 1. The van der Waals surface area contributed by atoms with Gasteiger partial charge in [-0.05, 0) is 6.42 Å². The van der Waals surface area contributed by atoms with Crippen LogP contribution in [0.4, 0.5) is 5.69 Å². The molecule has 1 aromatic carbocycles. The molecule has 24 heavy (non-hydrogen) atoms. The summed E-state index contributed by atoms with van der Waals surface area (Å²) in [7, 11) is 1.16. The number of nitro groups is 1. The van der Waals surface area contributed by atoms with Crippen LogP contribution >= 0.6 is 0 Å². The van der Waals surface area contributed by atoms with Gasteiger partial charge in [0.1, 0.15) is 12.1 Å². The van der Waals surface area contributed by atoms with Crippen LogP contribution in [-0.2, 0) is 25.5 Å². The van der Waals surface area contributed by atoms with Gasteiger partial charge in [-0.2, -0.15) is 0 Å². The maximum atomic E-state index is 12.2. The number of hydrogen-bond donors (Lipinski definition) is 2. The number of para-hydroxylation sites is 1. The standard InChI is InChI=1S/C15H17N3O6/c1-24-15(21)11(17-14(20)10-6-7-13(19)16-10)8-9-4-2-3-5-12(9)18(22)23/h2-5,10-11H,6-8H2,1H3,(H,16,19)(H,17,20)/t10-,11+/m0/s1. The molecule has 0 aliphatic carbocycles. The molecule has 9 nitrogen and oxygen atoms in total. The first-order valence-corrected chi connectivity index (χ1v) is 7.32. The van der Waals surface area contributed by atoms with Gasteiger partial charge in [-0.15, -0.1) is 0 Å². The van der Waals surface area contributed by atoms with Crippen LogP contribution in [0.5, 0.6) is 0 Å². The fourth-order valence-corrected chi connectivity index (χ4v) is 2.50. The van der Waals surface area contributed by atoms with Crippen molar-refractivity contribution in [2.24, 2.45) is 0 Å². The summed E-state index contributed by atoms with van der Waals surface area (Å²) < 4.78 is 4.66. The van der Waals surface area contributed by atoms with Gasteiger partial charge in [0.25, 0.3) is 5.69 Å². The number of nitro benzene ring substituents is 1. The van der Waals surface area contributed by atoms with E-state index in [4.69, 9.17) is 0 Å². The van der Waals surface area contributed by atoms with Gasteiger partial charge in [0.15, 0.2) is 0 Å². The Morgan fingerprint density at radius 2 is 2.17 bits per heavy atom. The SMILES string of the molecule is COC(=O)[C@@H](Cc1ccccc1[N+](=O)[O-])NC(=O)[C@@H]1CCC(=O)N1. The van der Waals surface area contributed by atoms with Crippen LogP contribution in [0.3, 0.4) is 0 Å². The predicted molar refractivity (Wildman–Crippen MR) is 81.9 cm³/mol. The number of methoxy groups -OCH3 is 1. The van der Waals surface area contributed by atoms with Gasteiger partial charge in [0.05, 0.1) is 12.0 Å². The van der Waals surface area contributed by atoms with E-state index in [1.54, 1.807) is 6.07 Å². The summed E-state index contributed by atoms with van der Waals surface area (Å²) in [5.41, 5.74) is 0.156. The third-order valence-electron chi connectivity index (χ3n) is 3.73. The van der Waals surface area contributed by atoms with Gasteiger partial charge in [0, 0.05) is 24.5 Å². The summed E-state index contributed by atoms with van der Waals surface area (Å²) in [4.78, 5) is 45.8. The second-order valence-electron chi connectivity index (χ2n) is 5.33. The average Bonchev–Trinajstić information content (AvgIpc) is 3.00. The molecule has 0 aromatic heterocycles. The summed E-state index contributed by atoms with van der Waals surface area (Å²) in [6.07, 6.45) is 0.491. The Balaban J connectivity index is 2.14. The molecule has 1 aliphatic heterocycles. The van der Waals surface area contributed by atoms with E-state index >= 15 is 0 Å². The van der Waals surface area contributed by atoms with Crippen LogP contribution in [0.2, 0.25) is 0 Å². The minimum atomic E-state index is -1.08. The molecule has 128 valence electrons. The lowest BCUT2D eigenvalue weighted by molar-refractivity contribution is -0.385. The van der Waals surface area contributed by atoms with Crippen molar-refractivity contribution in [3.63, 3.8) is 0 Å². The molecular formula is C15H17N3O6. The third-order valence-corrected chi connectivity index (χ3v) is 3.73. The number of hydrogen-bond acceptors (Lipinski definition) is 6. The van der Waals surface area contributed by atoms with E-state index in [0.717, 1.165) is 7.11 Å². The lowest BCUT2D eigenvalue weighted by atomic mass is 10.0. The molecule has 1 aromatic rings. The highest BCUT2D eigenvalue weighted by atomic mass is 16.6. The quantitative estimate of drug-likeness (QED) is 0.430. The summed E-state index contributed by atoms with van der Waals surface area (Å²) >= 11 is 0. The molecule has 2 atom stereocenters.